The average molecular weight is 343 g/mol. The van der Waals surface area contributed by atoms with Crippen molar-refractivity contribution in [2.45, 2.75) is 39.2 Å². The summed E-state index contributed by atoms with van der Waals surface area (Å²) in [6, 6.07) is 10.7. The Labute approximate surface area is 148 Å². The van der Waals surface area contributed by atoms with E-state index >= 15 is 0 Å². The number of carbonyl (C=O) groups excluding carboxylic acids is 1. The second kappa shape index (κ2) is 7.95. The van der Waals surface area contributed by atoms with E-state index in [-0.39, 0.29) is 11.9 Å². The zero-order chi connectivity index (χ0) is 16.9. The Balaban J connectivity index is 1.85. The molecule has 1 N–H and O–H groups in total. The highest BCUT2D eigenvalue weighted by atomic mass is 32.1. The van der Waals surface area contributed by atoms with Gasteiger partial charge >= 0.3 is 0 Å². The predicted octanol–water partition coefficient (Wildman–Crippen LogP) is 3.92. The van der Waals surface area contributed by atoms with E-state index in [2.05, 4.69) is 59.8 Å². The monoisotopic (exact) mass is 342 g/mol. The minimum absolute atomic E-state index is 0.0571. The lowest BCUT2D eigenvalue weighted by molar-refractivity contribution is -0.132. The Morgan fingerprint density at radius 2 is 2.12 bits per heavy atom. The standard InChI is InChI=1S/C20H26N2OS/c1-3-4-11-21-14-19(23)22-12-9-18-17(10-13-24-18)20(22)16-8-6-5-7-15(16)2/h5-8,10,13,20-21H,3-4,9,11-12,14H2,1-2H3. The number of aryl methyl sites for hydroxylation is 1. The summed E-state index contributed by atoms with van der Waals surface area (Å²) < 4.78 is 0. The molecule has 1 aromatic carbocycles. The Hall–Kier alpha value is -1.65. The van der Waals surface area contributed by atoms with Gasteiger partial charge in [0.25, 0.3) is 0 Å². The summed E-state index contributed by atoms with van der Waals surface area (Å²) in [6.45, 7) is 6.45. The molecule has 128 valence electrons. The summed E-state index contributed by atoms with van der Waals surface area (Å²) >= 11 is 1.81. The van der Waals surface area contributed by atoms with Crippen molar-refractivity contribution in [2.75, 3.05) is 19.6 Å². The molecule has 0 aliphatic carbocycles. The summed E-state index contributed by atoms with van der Waals surface area (Å²) in [4.78, 5) is 16.3. The number of nitrogens with one attached hydrogen (secondary N) is 1. The highest BCUT2D eigenvalue weighted by Gasteiger charge is 2.33. The Morgan fingerprint density at radius 1 is 1.29 bits per heavy atom. The minimum atomic E-state index is 0.0571. The minimum Gasteiger partial charge on any atom is -0.330 e. The van der Waals surface area contributed by atoms with Gasteiger partial charge in [0.05, 0.1) is 12.6 Å². The van der Waals surface area contributed by atoms with Crippen molar-refractivity contribution in [3.05, 3.63) is 57.3 Å². The Kier molecular flexibility index (Phi) is 5.69. The van der Waals surface area contributed by atoms with E-state index in [0.717, 1.165) is 32.4 Å². The molecule has 3 nitrogen and oxygen atoms in total. The van der Waals surface area contributed by atoms with Gasteiger partial charge in [-0.1, -0.05) is 37.6 Å². The second-order valence-electron chi connectivity index (χ2n) is 6.43. The number of fused-ring (bicyclic) bond motifs is 1. The van der Waals surface area contributed by atoms with Gasteiger partial charge in [0.2, 0.25) is 5.91 Å². The van der Waals surface area contributed by atoms with Gasteiger partial charge in [-0.05, 0) is 54.4 Å². The molecule has 0 saturated heterocycles. The van der Waals surface area contributed by atoms with Crippen LogP contribution < -0.4 is 5.32 Å². The van der Waals surface area contributed by atoms with Crippen LogP contribution in [0.15, 0.2) is 35.7 Å². The van der Waals surface area contributed by atoms with Crippen molar-refractivity contribution in [3.8, 4) is 0 Å². The van der Waals surface area contributed by atoms with Crippen LogP contribution in [0.25, 0.3) is 0 Å². The molecule has 24 heavy (non-hydrogen) atoms. The molecule has 0 spiro atoms. The van der Waals surface area contributed by atoms with E-state index in [1.54, 1.807) is 0 Å². The fourth-order valence-corrected chi connectivity index (χ4v) is 4.32. The molecule has 2 heterocycles. The number of hydrogen-bond acceptors (Lipinski definition) is 3. The van der Waals surface area contributed by atoms with Gasteiger partial charge in [-0.15, -0.1) is 11.3 Å². The number of hydrogen-bond donors (Lipinski definition) is 1. The first-order valence-electron chi connectivity index (χ1n) is 8.84. The lowest BCUT2D eigenvalue weighted by Gasteiger charge is -2.37. The first-order chi connectivity index (χ1) is 11.7. The van der Waals surface area contributed by atoms with Crippen LogP contribution in [0.4, 0.5) is 0 Å². The lowest BCUT2D eigenvalue weighted by atomic mass is 9.90. The van der Waals surface area contributed by atoms with E-state index < -0.39 is 0 Å². The number of nitrogens with zero attached hydrogens (tertiary/aromatic N) is 1. The maximum atomic E-state index is 12.9. The van der Waals surface area contributed by atoms with E-state index in [9.17, 15) is 4.79 Å². The summed E-state index contributed by atoms with van der Waals surface area (Å²) in [5, 5.41) is 5.46. The molecule has 1 unspecified atom stereocenters. The summed E-state index contributed by atoms with van der Waals surface area (Å²) in [5.41, 5.74) is 3.81. The second-order valence-corrected chi connectivity index (χ2v) is 7.43. The number of carbonyl (C=O) groups is 1. The van der Waals surface area contributed by atoms with Crippen LogP contribution in [0.3, 0.4) is 0 Å². The molecule has 0 bridgehead atoms. The third-order valence-corrected chi connectivity index (χ3v) is 5.75. The summed E-state index contributed by atoms with van der Waals surface area (Å²) in [6.07, 6.45) is 3.23. The number of rotatable bonds is 6. The van der Waals surface area contributed by atoms with Gasteiger partial charge in [-0.25, -0.2) is 0 Å². The summed E-state index contributed by atoms with van der Waals surface area (Å²) in [5.74, 6) is 0.205. The van der Waals surface area contributed by atoms with E-state index in [4.69, 9.17) is 0 Å². The van der Waals surface area contributed by atoms with Crippen molar-refractivity contribution >= 4 is 17.2 Å². The van der Waals surface area contributed by atoms with Gasteiger partial charge in [0.1, 0.15) is 0 Å². The molecule has 1 aliphatic heterocycles. The molecular weight excluding hydrogens is 316 g/mol. The fourth-order valence-electron chi connectivity index (χ4n) is 3.41. The molecule has 1 aliphatic rings. The molecular formula is C20H26N2OS. The predicted molar refractivity (Wildman–Crippen MR) is 101 cm³/mol. The molecule has 0 saturated carbocycles. The number of unbranched alkanes of at least 4 members (excludes halogenated alkanes) is 1. The third kappa shape index (κ3) is 3.55. The van der Waals surface area contributed by atoms with Gasteiger partial charge in [-0.2, -0.15) is 0 Å². The van der Waals surface area contributed by atoms with Crippen molar-refractivity contribution in [3.63, 3.8) is 0 Å². The van der Waals surface area contributed by atoms with Crippen molar-refractivity contribution in [1.29, 1.82) is 0 Å². The first kappa shape index (κ1) is 17.2. The van der Waals surface area contributed by atoms with Crippen molar-refractivity contribution in [2.24, 2.45) is 0 Å². The molecule has 1 atom stereocenters. The molecule has 1 aromatic heterocycles. The van der Waals surface area contributed by atoms with Crippen LogP contribution >= 0.6 is 11.3 Å². The molecule has 4 heteroatoms. The van der Waals surface area contributed by atoms with E-state index in [1.807, 2.05) is 11.3 Å². The molecule has 3 rings (SSSR count). The van der Waals surface area contributed by atoms with E-state index in [0.29, 0.717) is 6.54 Å². The first-order valence-corrected chi connectivity index (χ1v) is 9.72. The molecule has 0 fully saturated rings. The normalized spacial score (nSPS) is 16.9. The van der Waals surface area contributed by atoms with Crippen molar-refractivity contribution in [1.82, 2.24) is 10.2 Å². The smallest absolute Gasteiger partial charge is 0.237 e. The van der Waals surface area contributed by atoms with Crippen LogP contribution in [0.2, 0.25) is 0 Å². The molecule has 1 amide bonds. The summed E-state index contributed by atoms with van der Waals surface area (Å²) in [7, 11) is 0. The zero-order valence-corrected chi connectivity index (χ0v) is 15.4. The number of benzene rings is 1. The quantitative estimate of drug-likeness (QED) is 0.807. The Morgan fingerprint density at radius 3 is 2.92 bits per heavy atom. The van der Waals surface area contributed by atoms with Gasteiger partial charge in [-0.3, -0.25) is 4.79 Å². The van der Waals surface area contributed by atoms with Crippen LogP contribution in [-0.2, 0) is 11.2 Å². The highest BCUT2D eigenvalue weighted by molar-refractivity contribution is 7.10. The van der Waals surface area contributed by atoms with Gasteiger partial charge < -0.3 is 10.2 Å². The SMILES string of the molecule is CCCCNCC(=O)N1CCc2sccc2C1c1ccccc1C. The van der Waals surface area contributed by atoms with Crippen molar-refractivity contribution < 1.29 is 4.79 Å². The molecule has 0 radical (unpaired) electrons. The van der Waals surface area contributed by atoms with Gasteiger partial charge in [0, 0.05) is 11.4 Å². The van der Waals surface area contributed by atoms with Crippen LogP contribution in [0.1, 0.15) is 47.4 Å². The van der Waals surface area contributed by atoms with Crippen LogP contribution in [0.5, 0.6) is 0 Å². The molecule has 2 aromatic rings. The lowest BCUT2D eigenvalue weighted by Crippen LogP contribution is -2.44. The Bertz CT molecular complexity index is 694. The van der Waals surface area contributed by atoms with E-state index in [1.165, 1.54) is 21.6 Å². The zero-order valence-electron chi connectivity index (χ0n) is 14.5. The third-order valence-electron chi connectivity index (χ3n) is 4.75. The average Bonchev–Trinajstić information content (AvgIpc) is 3.07. The van der Waals surface area contributed by atoms with Crippen LogP contribution in [-0.4, -0.2) is 30.4 Å². The topological polar surface area (TPSA) is 32.3 Å². The van der Waals surface area contributed by atoms with Gasteiger partial charge in [0.15, 0.2) is 0 Å². The largest absolute Gasteiger partial charge is 0.330 e. The number of thiophene rings is 1. The fraction of sp³-hybridized carbons (Fsp3) is 0.450. The van der Waals surface area contributed by atoms with Crippen LogP contribution in [0, 0.1) is 6.92 Å². The maximum Gasteiger partial charge on any atom is 0.237 e. The maximum absolute atomic E-state index is 12.9. The number of amides is 1. The highest BCUT2D eigenvalue weighted by Crippen LogP contribution is 2.38.